The van der Waals surface area contributed by atoms with Gasteiger partial charge in [-0.3, -0.25) is 0 Å². The Morgan fingerprint density at radius 2 is 2.06 bits per heavy atom. The molecule has 2 nitrogen and oxygen atoms in total. The van der Waals surface area contributed by atoms with Crippen molar-refractivity contribution >= 4 is 0 Å². The molecule has 0 aliphatic carbocycles. The van der Waals surface area contributed by atoms with Gasteiger partial charge >= 0.3 is 6.18 Å². The maximum Gasteiger partial charge on any atom is 0.389 e. The molecule has 0 bridgehead atoms. The molecule has 0 saturated carbocycles. The van der Waals surface area contributed by atoms with Crippen molar-refractivity contribution in [1.82, 2.24) is 5.32 Å². The standard InChI is InChI=1S/C12H18F3NO/c1-9(5-3-7-12(13,14)15)16-10(2)11-6-4-8-17-11/h4,6,8-10,16H,3,5,7H2,1-2H3/t9?,10-/m0/s1. The first-order valence-corrected chi connectivity index (χ1v) is 5.74. The molecule has 1 aromatic heterocycles. The molecule has 1 N–H and O–H groups in total. The Hall–Kier alpha value is -0.970. The van der Waals surface area contributed by atoms with Crippen LogP contribution in [-0.4, -0.2) is 12.2 Å². The van der Waals surface area contributed by atoms with Crippen molar-refractivity contribution in [2.24, 2.45) is 0 Å². The fourth-order valence-electron chi connectivity index (χ4n) is 1.74. The highest BCUT2D eigenvalue weighted by Crippen LogP contribution is 2.23. The Morgan fingerprint density at radius 3 is 2.59 bits per heavy atom. The summed E-state index contributed by atoms with van der Waals surface area (Å²) in [5.74, 6) is 0.799. The van der Waals surface area contributed by atoms with Gasteiger partial charge in [-0.1, -0.05) is 0 Å². The van der Waals surface area contributed by atoms with Crippen LogP contribution >= 0.6 is 0 Å². The van der Waals surface area contributed by atoms with Crippen LogP contribution in [0.2, 0.25) is 0 Å². The van der Waals surface area contributed by atoms with Crippen molar-refractivity contribution in [1.29, 1.82) is 0 Å². The molecule has 0 aliphatic rings. The third kappa shape index (κ3) is 5.77. The first-order chi connectivity index (χ1) is 7.88. The van der Waals surface area contributed by atoms with E-state index < -0.39 is 12.6 Å². The van der Waals surface area contributed by atoms with Crippen molar-refractivity contribution in [3.8, 4) is 0 Å². The van der Waals surface area contributed by atoms with Crippen LogP contribution in [0.4, 0.5) is 13.2 Å². The Bertz CT molecular complexity index is 308. The lowest BCUT2D eigenvalue weighted by Gasteiger charge is -2.18. The van der Waals surface area contributed by atoms with Crippen LogP contribution in [0.25, 0.3) is 0 Å². The third-order valence-electron chi connectivity index (χ3n) is 2.60. The summed E-state index contributed by atoms with van der Waals surface area (Å²) in [5.41, 5.74) is 0. The molecule has 0 amide bonds. The minimum atomic E-state index is -4.05. The number of hydrogen-bond donors (Lipinski definition) is 1. The molecule has 0 fully saturated rings. The van der Waals surface area contributed by atoms with Gasteiger partial charge in [0.05, 0.1) is 12.3 Å². The molecule has 0 saturated heterocycles. The number of rotatable bonds is 6. The molecule has 2 atom stereocenters. The van der Waals surface area contributed by atoms with E-state index in [-0.39, 0.29) is 18.5 Å². The van der Waals surface area contributed by atoms with E-state index in [0.29, 0.717) is 6.42 Å². The van der Waals surface area contributed by atoms with E-state index in [1.807, 2.05) is 19.9 Å². The Morgan fingerprint density at radius 1 is 1.35 bits per heavy atom. The van der Waals surface area contributed by atoms with Crippen LogP contribution in [0.1, 0.15) is 44.9 Å². The monoisotopic (exact) mass is 249 g/mol. The molecule has 98 valence electrons. The molecule has 1 aromatic rings. The maximum atomic E-state index is 12.0. The second-order valence-corrected chi connectivity index (χ2v) is 4.31. The Balaban J connectivity index is 2.23. The zero-order valence-electron chi connectivity index (χ0n) is 10.1. The average Bonchev–Trinajstić information content (AvgIpc) is 2.67. The van der Waals surface area contributed by atoms with E-state index >= 15 is 0 Å². The predicted molar refractivity (Wildman–Crippen MR) is 59.6 cm³/mol. The van der Waals surface area contributed by atoms with E-state index in [1.165, 1.54) is 0 Å². The largest absolute Gasteiger partial charge is 0.468 e. The molecular formula is C12H18F3NO. The predicted octanol–water partition coefficient (Wildman–Crippen LogP) is 4.05. The molecule has 1 rings (SSSR count). The lowest BCUT2D eigenvalue weighted by molar-refractivity contribution is -0.135. The molecule has 1 heterocycles. The van der Waals surface area contributed by atoms with Crippen LogP contribution in [0.5, 0.6) is 0 Å². The normalized spacial score (nSPS) is 15.8. The van der Waals surface area contributed by atoms with Gasteiger partial charge < -0.3 is 9.73 Å². The van der Waals surface area contributed by atoms with Crippen LogP contribution < -0.4 is 5.32 Å². The van der Waals surface area contributed by atoms with Crippen molar-refractivity contribution < 1.29 is 17.6 Å². The average molecular weight is 249 g/mol. The Kier molecular flexibility index (Phi) is 5.05. The number of furan rings is 1. The summed E-state index contributed by atoms with van der Waals surface area (Å²) in [5, 5.41) is 3.21. The molecule has 0 aliphatic heterocycles. The number of halogens is 3. The summed E-state index contributed by atoms with van der Waals surface area (Å²) < 4.78 is 41.1. The SMILES string of the molecule is CC(CCCC(F)(F)F)N[C@@H](C)c1ccco1. The topological polar surface area (TPSA) is 25.2 Å². The zero-order chi connectivity index (χ0) is 12.9. The molecule has 17 heavy (non-hydrogen) atoms. The lowest BCUT2D eigenvalue weighted by atomic mass is 10.1. The molecule has 0 aromatic carbocycles. The van der Waals surface area contributed by atoms with E-state index in [2.05, 4.69) is 5.32 Å². The summed E-state index contributed by atoms with van der Waals surface area (Å²) in [7, 11) is 0. The van der Waals surface area contributed by atoms with Gasteiger partial charge in [-0.15, -0.1) is 0 Å². The summed E-state index contributed by atoms with van der Waals surface area (Å²) >= 11 is 0. The molecule has 5 heteroatoms. The first-order valence-electron chi connectivity index (χ1n) is 5.74. The number of alkyl halides is 3. The first kappa shape index (κ1) is 14.1. The number of hydrogen-bond acceptors (Lipinski definition) is 2. The van der Waals surface area contributed by atoms with Crippen LogP contribution in [-0.2, 0) is 0 Å². The highest BCUT2D eigenvalue weighted by atomic mass is 19.4. The van der Waals surface area contributed by atoms with E-state index in [0.717, 1.165) is 5.76 Å². The second-order valence-electron chi connectivity index (χ2n) is 4.31. The van der Waals surface area contributed by atoms with Crippen LogP contribution in [0.15, 0.2) is 22.8 Å². The highest BCUT2D eigenvalue weighted by molar-refractivity contribution is 5.03. The van der Waals surface area contributed by atoms with Crippen molar-refractivity contribution in [3.05, 3.63) is 24.2 Å². The van der Waals surface area contributed by atoms with Gasteiger partial charge in [0.15, 0.2) is 0 Å². The third-order valence-corrected chi connectivity index (χ3v) is 2.60. The van der Waals surface area contributed by atoms with E-state index in [4.69, 9.17) is 4.42 Å². The molecular weight excluding hydrogens is 231 g/mol. The molecule has 0 spiro atoms. The fourth-order valence-corrected chi connectivity index (χ4v) is 1.74. The second kappa shape index (κ2) is 6.10. The zero-order valence-corrected chi connectivity index (χ0v) is 10.1. The van der Waals surface area contributed by atoms with Crippen molar-refractivity contribution in [2.75, 3.05) is 0 Å². The van der Waals surface area contributed by atoms with Crippen molar-refractivity contribution in [2.45, 2.75) is 51.4 Å². The minimum absolute atomic E-state index is 0.0193. The van der Waals surface area contributed by atoms with Gasteiger partial charge in [0, 0.05) is 12.5 Å². The summed E-state index contributed by atoms with van der Waals surface area (Å²) in [6.45, 7) is 3.81. The van der Waals surface area contributed by atoms with Gasteiger partial charge in [0.1, 0.15) is 5.76 Å². The number of nitrogens with one attached hydrogen (secondary N) is 1. The van der Waals surface area contributed by atoms with Gasteiger partial charge in [-0.05, 0) is 38.8 Å². The van der Waals surface area contributed by atoms with Crippen molar-refractivity contribution in [3.63, 3.8) is 0 Å². The smallest absolute Gasteiger partial charge is 0.389 e. The highest BCUT2D eigenvalue weighted by Gasteiger charge is 2.26. The van der Waals surface area contributed by atoms with E-state index in [1.54, 1.807) is 12.3 Å². The summed E-state index contributed by atoms with van der Waals surface area (Å²) in [6.07, 6.45) is -2.52. The fraction of sp³-hybridized carbons (Fsp3) is 0.667. The Labute approximate surface area is 99.2 Å². The molecule has 0 radical (unpaired) electrons. The quantitative estimate of drug-likeness (QED) is 0.822. The maximum absolute atomic E-state index is 12.0. The van der Waals surface area contributed by atoms with Crippen LogP contribution in [0.3, 0.4) is 0 Å². The van der Waals surface area contributed by atoms with Gasteiger partial charge in [-0.2, -0.15) is 13.2 Å². The minimum Gasteiger partial charge on any atom is -0.468 e. The summed E-state index contributed by atoms with van der Waals surface area (Å²) in [4.78, 5) is 0. The summed E-state index contributed by atoms with van der Waals surface area (Å²) in [6, 6.07) is 3.70. The van der Waals surface area contributed by atoms with Gasteiger partial charge in [0.25, 0.3) is 0 Å². The lowest BCUT2D eigenvalue weighted by Crippen LogP contribution is -2.29. The van der Waals surface area contributed by atoms with Crippen LogP contribution in [0, 0.1) is 0 Å². The molecule has 1 unspecified atom stereocenters. The van der Waals surface area contributed by atoms with E-state index in [9.17, 15) is 13.2 Å². The van der Waals surface area contributed by atoms with Gasteiger partial charge in [-0.25, -0.2) is 0 Å². The van der Waals surface area contributed by atoms with Gasteiger partial charge in [0.2, 0.25) is 0 Å².